The minimum absolute atomic E-state index is 0.0869. The van der Waals surface area contributed by atoms with E-state index < -0.39 is 5.97 Å². The molecule has 0 atom stereocenters. The van der Waals surface area contributed by atoms with E-state index in [-0.39, 0.29) is 25.5 Å². The van der Waals surface area contributed by atoms with Crippen molar-refractivity contribution in [2.45, 2.75) is 11.3 Å². The maximum atomic E-state index is 11.9. The van der Waals surface area contributed by atoms with E-state index in [0.29, 0.717) is 11.4 Å². The number of rotatable bonds is 8. The summed E-state index contributed by atoms with van der Waals surface area (Å²) in [7, 11) is 0. The first-order chi connectivity index (χ1) is 11.7. The van der Waals surface area contributed by atoms with Gasteiger partial charge in [-0.1, -0.05) is 30.3 Å². The van der Waals surface area contributed by atoms with Crippen molar-refractivity contribution in [2.75, 3.05) is 24.8 Å². The van der Waals surface area contributed by atoms with Crippen molar-refractivity contribution in [1.82, 2.24) is 0 Å². The van der Waals surface area contributed by atoms with Crippen LogP contribution in [0.1, 0.15) is 6.42 Å². The van der Waals surface area contributed by atoms with Gasteiger partial charge in [0.25, 0.3) is 5.91 Å². The number of benzene rings is 2. The number of para-hydroxylation sites is 2. The largest absolute Gasteiger partial charge is 0.493 e. The molecule has 2 aromatic rings. The number of hydrogen-bond acceptors (Lipinski definition) is 5. The van der Waals surface area contributed by atoms with E-state index in [1.165, 1.54) is 11.8 Å². The van der Waals surface area contributed by atoms with Crippen molar-refractivity contribution < 1.29 is 19.1 Å². The minimum Gasteiger partial charge on any atom is -0.493 e. The molecule has 0 aliphatic rings. The first-order valence-electron chi connectivity index (χ1n) is 7.45. The van der Waals surface area contributed by atoms with Gasteiger partial charge in [-0.2, -0.15) is 0 Å². The molecule has 2 rings (SSSR count). The van der Waals surface area contributed by atoms with Crippen LogP contribution in [0.3, 0.4) is 0 Å². The topological polar surface area (TPSA) is 64.6 Å². The molecular formula is C18H19NO4S. The monoisotopic (exact) mass is 345 g/mol. The van der Waals surface area contributed by atoms with Crippen LogP contribution in [0.4, 0.5) is 5.69 Å². The average molecular weight is 345 g/mol. The highest BCUT2D eigenvalue weighted by Gasteiger charge is 2.10. The Labute approximate surface area is 145 Å². The molecule has 6 heteroatoms. The second-order valence-electron chi connectivity index (χ2n) is 4.82. The summed E-state index contributed by atoms with van der Waals surface area (Å²) >= 11 is 1.53. The van der Waals surface area contributed by atoms with E-state index in [4.69, 9.17) is 9.47 Å². The van der Waals surface area contributed by atoms with Gasteiger partial charge in [-0.15, -0.1) is 11.8 Å². The molecule has 2 aromatic carbocycles. The molecule has 0 radical (unpaired) electrons. The predicted molar refractivity (Wildman–Crippen MR) is 94.4 cm³/mol. The Morgan fingerprint density at radius 2 is 1.75 bits per heavy atom. The smallest absolute Gasteiger partial charge is 0.309 e. The fraction of sp³-hybridized carbons (Fsp3) is 0.222. The Bertz CT molecular complexity index is 676. The lowest BCUT2D eigenvalue weighted by molar-refractivity contribution is -0.147. The van der Waals surface area contributed by atoms with Crippen LogP contribution in [0.2, 0.25) is 0 Å². The first-order valence-corrected chi connectivity index (χ1v) is 8.68. The molecule has 5 nitrogen and oxygen atoms in total. The van der Waals surface area contributed by atoms with Gasteiger partial charge in [-0.05, 0) is 30.5 Å². The highest BCUT2D eigenvalue weighted by molar-refractivity contribution is 7.98. The van der Waals surface area contributed by atoms with Crippen LogP contribution in [-0.4, -0.2) is 31.3 Å². The van der Waals surface area contributed by atoms with E-state index in [1.54, 1.807) is 6.07 Å². The van der Waals surface area contributed by atoms with Crippen molar-refractivity contribution in [3.8, 4) is 5.75 Å². The molecule has 0 aromatic heterocycles. The van der Waals surface area contributed by atoms with Crippen LogP contribution in [0.25, 0.3) is 0 Å². The van der Waals surface area contributed by atoms with Crippen LogP contribution in [0.15, 0.2) is 59.5 Å². The Morgan fingerprint density at radius 3 is 2.50 bits per heavy atom. The standard InChI is InChI=1S/C18H19NO4S/c1-24-16-10-6-5-9-15(16)19-17(20)13-23-18(21)11-12-22-14-7-3-2-4-8-14/h2-10H,11-13H2,1H3,(H,19,20). The molecule has 0 heterocycles. The molecule has 0 bridgehead atoms. The molecule has 0 aliphatic carbocycles. The van der Waals surface area contributed by atoms with E-state index >= 15 is 0 Å². The van der Waals surface area contributed by atoms with Gasteiger partial charge in [-0.25, -0.2) is 0 Å². The zero-order chi connectivity index (χ0) is 17.2. The fourth-order valence-electron chi connectivity index (χ4n) is 1.92. The lowest BCUT2D eigenvalue weighted by Crippen LogP contribution is -2.21. The van der Waals surface area contributed by atoms with Crippen LogP contribution in [0.5, 0.6) is 5.75 Å². The summed E-state index contributed by atoms with van der Waals surface area (Å²) in [5.74, 6) is -0.148. The molecule has 0 spiro atoms. The summed E-state index contributed by atoms with van der Waals surface area (Å²) in [6.45, 7) is -0.105. The third-order valence-corrected chi connectivity index (χ3v) is 3.86. The number of anilines is 1. The maximum Gasteiger partial charge on any atom is 0.309 e. The van der Waals surface area contributed by atoms with Gasteiger partial charge < -0.3 is 14.8 Å². The number of carbonyl (C=O) groups excluding carboxylic acids is 2. The summed E-state index contributed by atoms with van der Waals surface area (Å²) in [6, 6.07) is 16.6. The summed E-state index contributed by atoms with van der Waals surface area (Å²) in [6.07, 6.45) is 2.02. The Balaban J connectivity index is 1.68. The second kappa shape index (κ2) is 9.62. The van der Waals surface area contributed by atoms with Gasteiger partial charge in [-0.3, -0.25) is 9.59 Å². The molecule has 0 saturated heterocycles. The van der Waals surface area contributed by atoms with E-state index in [2.05, 4.69) is 5.32 Å². The van der Waals surface area contributed by atoms with Gasteiger partial charge in [0.15, 0.2) is 6.61 Å². The lowest BCUT2D eigenvalue weighted by Gasteiger charge is -2.10. The number of thioether (sulfide) groups is 1. The SMILES string of the molecule is CSc1ccccc1NC(=O)COC(=O)CCOc1ccccc1. The van der Waals surface area contributed by atoms with E-state index in [0.717, 1.165) is 4.90 Å². The van der Waals surface area contributed by atoms with Crippen LogP contribution in [-0.2, 0) is 14.3 Å². The number of nitrogens with one attached hydrogen (secondary N) is 1. The van der Waals surface area contributed by atoms with Crippen molar-refractivity contribution in [3.63, 3.8) is 0 Å². The van der Waals surface area contributed by atoms with Gasteiger partial charge in [0.05, 0.1) is 18.7 Å². The van der Waals surface area contributed by atoms with E-state index in [9.17, 15) is 9.59 Å². The van der Waals surface area contributed by atoms with Gasteiger partial charge in [0, 0.05) is 4.90 Å². The van der Waals surface area contributed by atoms with Crippen molar-refractivity contribution in [3.05, 3.63) is 54.6 Å². The summed E-state index contributed by atoms with van der Waals surface area (Å²) in [4.78, 5) is 24.4. The summed E-state index contributed by atoms with van der Waals surface area (Å²) in [5, 5.41) is 2.73. The normalized spacial score (nSPS) is 10.0. The molecule has 0 aliphatic heterocycles. The number of esters is 1. The number of amides is 1. The molecule has 0 fully saturated rings. The Kier molecular flexibility index (Phi) is 7.17. The second-order valence-corrected chi connectivity index (χ2v) is 5.67. The summed E-state index contributed by atoms with van der Waals surface area (Å²) < 4.78 is 10.4. The maximum absolute atomic E-state index is 11.9. The Hall–Kier alpha value is -2.47. The van der Waals surface area contributed by atoms with Crippen LogP contribution in [0, 0.1) is 0 Å². The molecule has 126 valence electrons. The van der Waals surface area contributed by atoms with Crippen molar-refractivity contribution in [1.29, 1.82) is 0 Å². The number of hydrogen-bond donors (Lipinski definition) is 1. The minimum atomic E-state index is -0.473. The zero-order valence-electron chi connectivity index (χ0n) is 13.4. The van der Waals surface area contributed by atoms with Crippen molar-refractivity contribution >= 4 is 29.3 Å². The zero-order valence-corrected chi connectivity index (χ0v) is 14.2. The van der Waals surface area contributed by atoms with Crippen LogP contribution < -0.4 is 10.1 Å². The predicted octanol–water partition coefficient (Wildman–Crippen LogP) is 3.36. The Morgan fingerprint density at radius 1 is 1.04 bits per heavy atom. The molecule has 0 unspecified atom stereocenters. The number of ether oxygens (including phenoxy) is 2. The fourth-order valence-corrected chi connectivity index (χ4v) is 2.47. The first kappa shape index (κ1) is 17.9. The highest BCUT2D eigenvalue weighted by Crippen LogP contribution is 2.24. The molecule has 0 saturated carbocycles. The molecule has 1 N–H and O–H groups in total. The summed E-state index contributed by atoms with van der Waals surface area (Å²) in [5.41, 5.74) is 0.707. The lowest BCUT2D eigenvalue weighted by atomic mass is 10.3. The third-order valence-electron chi connectivity index (χ3n) is 3.06. The quantitative estimate of drug-likeness (QED) is 0.587. The van der Waals surface area contributed by atoms with Crippen LogP contribution >= 0.6 is 11.8 Å². The molecule has 24 heavy (non-hydrogen) atoms. The number of carbonyl (C=O) groups is 2. The average Bonchev–Trinajstić information content (AvgIpc) is 2.61. The third kappa shape index (κ3) is 5.96. The van der Waals surface area contributed by atoms with Gasteiger partial charge in [0.1, 0.15) is 5.75 Å². The van der Waals surface area contributed by atoms with E-state index in [1.807, 2.05) is 54.8 Å². The van der Waals surface area contributed by atoms with Gasteiger partial charge >= 0.3 is 5.97 Å². The molecule has 1 amide bonds. The van der Waals surface area contributed by atoms with Crippen molar-refractivity contribution in [2.24, 2.45) is 0 Å². The van der Waals surface area contributed by atoms with Gasteiger partial charge in [0.2, 0.25) is 0 Å². The molecular weight excluding hydrogens is 326 g/mol. The highest BCUT2D eigenvalue weighted by atomic mass is 32.2.